The number of hydrogen-bond acceptors (Lipinski definition) is 3. The molecular formula is C13H17ClN2O2. The number of carboxylic acid groups (broad SMARTS) is 1. The van der Waals surface area contributed by atoms with E-state index in [9.17, 15) is 9.90 Å². The standard InChI is InChI=1S/C13H17ClN2O2/c1-2-5-16(9-3-4-9)12-10(13(17)18)6-8(15)7-11(12)14/h6-7,9H,2-5,15H2,1H3,(H,17,18). The first-order valence-corrected chi connectivity index (χ1v) is 6.51. The van der Waals surface area contributed by atoms with Crippen molar-refractivity contribution in [2.75, 3.05) is 17.2 Å². The van der Waals surface area contributed by atoms with Gasteiger partial charge in [0, 0.05) is 18.3 Å². The van der Waals surface area contributed by atoms with E-state index in [1.165, 1.54) is 6.07 Å². The van der Waals surface area contributed by atoms with Crippen molar-refractivity contribution in [3.8, 4) is 0 Å². The van der Waals surface area contributed by atoms with Gasteiger partial charge in [0.15, 0.2) is 0 Å². The lowest BCUT2D eigenvalue weighted by molar-refractivity contribution is 0.0697. The Hall–Kier alpha value is -1.42. The molecule has 0 unspecified atom stereocenters. The molecule has 98 valence electrons. The summed E-state index contributed by atoms with van der Waals surface area (Å²) in [5, 5.41) is 9.72. The Labute approximate surface area is 111 Å². The van der Waals surface area contributed by atoms with Crippen LogP contribution in [-0.2, 0) is 0 Å². The van der Waals surface area contributed by atoms with Crippen LogP contribution < -0.4 is 10.6 Å². The fourth-order valence-electron chi connectivity index (χ4n) is 2.18. The topological polar surface area (TPSA) is 66.6 Å². The molecule has 0 radical (unpaired) electrons. The van der Waals surface area contributed by atoms with Gasteiger partial charge in [0.2, 0.25) is 0 Å². The molecule has 0 amide bonds. The highest BCUT2D eigenvalue weighted by atomic mass is 35.5. The lowest BCUT2D eigenvalue weighted by Crippen LogP contribution is -2.28. The number of rotatable bonds is 5. The molecule has 18 heavy (non-hydrogen) atoms. The summed E-state index contributed by atoms with van der Waals surface area (Å²) < 4.78 is 0. The average Bonchev–Trinajstić information content (AvgIpc) is 3.09. The number of benzene rings is 1. The summed E-state index contributed by atoms with van der Waals surface area (Å²) in [4.78, 5) is 13.4. The van der Waals surface area contributed by atoms with Crippen LogP contribution in [-0.4, -0.2) is 23.7 Å². The van der Waals surface area contributed by atoms with E-state index in [1.807, 2.05) is 0 Å². The minimum absolute atomic E-state index is 0.195. The van der Waals surface area contributed by atoms with Crippen LogP contribution in [0.25, 0.3) is 0 Å². The van der Waals surface area contributed by atoms with Gasteiger partial charge in [-0.05, 0) is 31.4 Å². The molecule has 5 heteroatoms. The summed E-state index contributed by atoms with van der Waals surface area (Å²) in [7, 11) is 0. The van der Waals surface area contributed by atoms with Crippen molar-refractivity contribution >= 4 is 28.9 Å². The zero-order valence-electron chi connectivity index (χ0n) is 10.3. The summed E-state index contributed by atoms with van der Waals surface area (Å²) >= 11 is 6.20. The van der Waals surface area contributed by atoms with Gasteiger partial charge in [-0.25, -0.2) is 4.79 Å². The molecule has 1 aliphatic rings. The van der Waals surface area contributed by atoms with Crippen LogP contribution in [0.3, 0.4) is 0 Å². The fourth-order valence-corrected chi connectivity index (χ4v) is 2.52. The molecule has 0 aliphatic heterocycles. The summed E-state index contributed by atoms with van der Waals surface area (Å²) in [6.07, 6.45) is 3.15. The summed E-state index contributed by atoms with van der Waals surface area (Å²) in [6.45, 7) is 2.88. The Morgan fingerprint density at radius 3 is 2.72 bits per heavy atom. The van der Waals surface area contributed by atoms with Crippen molar-refractivity contribution in [2.24, 2.45) is 0 Å². The van der Waals surface area contributed by atoms with E-state index in [-0.39, 0.29) is 5.56 Å². The molecule has 0 atom stereocenters. The summed E-state index contributed by atoms with van der Waals surface area (Å²) in [6, 6.07) is 3.52. The third-order valence-corrected chi connectivity index (χ3v) is 3.34. The van der Waals surface area contributed by atoms with E-state index in [1.54, 1.807) is 6.07 Å². The maximum Gasteiger partial charge on any atom is 0.337 e. The number of hydrogen-bond donors (Lipinski definition) is 2. The summed E-state index contributed by atoms with van der Waals surface area (Å²) in [5.41, 5.74) is 6.86. The van der Waals surface area contributed by atoms with Crippen LogP contribution in [0.15, 0.2) is 12.1 Å². The predicted molar refractivity (Wildman–Crippen MR) is 73.5 cm³/mol. The van der Waals surface area contributed by atoms with Gasteiger partial charge >= 0.3 is 5.97 Å². The molecular weight excluding hydrogens is 252 g/mol. The highest BCUT2D eigenvalue weighted by Gasteiger charge is 2.32. The molecule has 0 spiro atoms. The van der Waals surface area contributed by atoms with E-state index in [0.29, 0.717) is 22.4 Å². The second kappa shape index (κ2) is 5.06. The van der Waals surface area contributed by atoms with Crippen molar-refractivity contribution in [1.29, 1.82) is 0 Å². The third kappa shape index (κ3) is 2.53. The number of anilines is 2. The molecule has 0 aromatic heterocycles. The SMILES string of the molecule is CCCN(c1c(Cl)cc(N)cc1C(=O)O)C1CC1. The van der Waals surface area contributed by atoms with Crippen LogP contribution in [0.2, 0.25) is 5.02 Å². The maximum atomic E-state index is 11.3. The number of halogens is 1. The Morgan fingerprint density at radius 1 is 1.56 bits per heavy atom. The molecule has 0 saturated heterocycles. The second-order valence-corrected chi connectivity index (χ2v) is 5.04. The van der Waals surface area contributed by atoms with E-state index < -0.39 is 5.97 Å². The molecule has 1 fully saturated rings. The molecule has 1 aromatic rings. The highest BCUT2D eigenvalue weighted by Crippen LogP contribution is 2.39. The van der Waals surface area contributed by atoms with Crippen molar-refractivity contribution < 1.29 is 9.90 Å². The Bertz CT molecular complexity index is 472. The fraction of sp³-hybridized carbons (Fsp3) is 0.462. The number of carboxylic acids is 1. The van der Waals surface area contributed by atoms with E-state index in [4.69, 9.17) is 17.3 Å². The van der Waals surface area contributed by atoms with Crippen molar-refractivity contribution in [3.05, 3.63) is 22.7 Å². The van der Waals surface area contributed by atoms with E-state index in [2.05, 4.69) is 11.8 Å². The van der Waals surface area contributed by atoms with Gasteiger partial charge in [-0.1, -0.05) is 18.5 Å². The monoisotopic (exact) mass is 268 g/mol. The zero-order chi connectivity index (χ0) is 13.3. The minimum Gasteiger partial charge on any atom is -0.478 e. The third-order valence-electron chi connectivity index (χ3n) is 3.06. The van der Waals surface area contributed by atoms with Crippen LogP contribution in [0.4, 0.5) is 11.4 Å². The lowest BCUT2D eigenvalue weighted by atomic mass is 10.1. The predicted octanol–water partition coefficient (Wildman–Crippen LogP) is 3.00. The number of nitrogens with zero attached hydrogens (tertiary/aromatic N) is 1. The van der Waals surface area contributed by atoms with Gasteiger partial charge < -0.3 is 15.7 Å². The molecule has 4 nitrogen and oxygen atoms in total. The second-order valence-electron chi connectivity index (χ2n) is 4.63. The van der Waals surface area contributed by atoms with E-state index >= 15 is 0 Å². The quantitative estimate of drug-likeness (QED) is 0.806. The molecule has 2 rings (SSSR count). The van der Waals surface area contributed by atoms with Crippen LogP contribution >= 0.6 is 11.6 Å². The molecule has 0 bridgehead atoms. The van der Waals surface area contributed by atoms with Crippen LogP contribution in [0.1, 0.15) is 36.5 Å². The van der Waals surface area contributed by atoms with Crippen LogP contribution in [0.5, 0.6) is 0 Å². The molecule has 3 N–H and O–H groups in total. The van der Waals surface area contributed by atoms with E-state index in [0.717, 1.165) is 25.8 Å². The Morgan fingerprint density at radius 2 is 2.22 bits per heavy atom. The number of nitrogens with two attached hydrogens (primary N) is 1. The van der Waals surface area contributed by atoms with Gasteiger partial charge in [-0.2, -0.15) is 0 Å². The van der Waals surface area contributed by atoms with Gasteiger partial charge in [0.25, 0.3) is 0 Å². The van der Waals surface area contributed by atoms with Gasteiger partial charge in [0.05, 0.1) is 16.3 Å². The van der Waals surface area contributed by atoms with Crippen LogP contribution in [0, 0.1) is 0 Å². The number of aromatic carboxylic acids is 1. The van der Waals surface area contributed by atoms with Gasteiger partial charge in [0.1, 0.15) is 0 Å². The van der Waals surface area contributed by atoms with Gasteiger partial charge in [-0.3, -0.25) is 0 Å². The first-order chi connectivity index (χ1) is 8.54. The normalized spacial score (nSPS) is 14.6. The number of carbonyl (C=O) groups is 1. The number of nitrogen functional groups attached to an aromatic ring is 1. The molecule has 1 aromatic carbocycles. The minimum atomic E-state index is -0.985. The molecule has 0 heterocycles. The largest absolute Gasteiger partial charge is 0.478 e. The Balaban J connectivity index is 2.49. The lowest BCUT2D eigenvalue weighted by Gasteiger charge is -2.27. The van der Waals surface area contributed by atoms with Crippen molar-refractivity contribution in [2.45, 2.75) is 32.2 Å². The summed E-state index contributed by atoms with van der Waals surface area (Å²) in [5.74, 6) is -0.985. The maximum absolute atomic E-state index is 11.3. The van der Waals surface area contributed by atoms with Crippen molar-refractivity contribution in [1.82, 2.24) is 0 Å². The first kappa shape index (κ1) is 13.0. The first-order valence-electron chi connectivity index (χ1n) is 6.13. The van der Waals surface area contributed by atoms with Gasteiger partial charge in [-0.15, -0.1) is 0 Å². The Kier molecular flexibility index (Phi) is 3.66. The highest BCUT2D eigenvalue weighted by molar-refractivity contribution is 6.34. The van der Waals surface area contributed by atoms with Crippen molar-refractivity contribution in [3.63, 3.8) is 0 Å². The molecule has 1 saturated carbocycles. The average molecular weight is 269 g/mol. The zero-order valence-corrected chi connectivity index (χ0v) is 11.1. The molecule has 1 aliphatic carbocycles. The smallest absolute Gasteiger partial charge is 0.337 e.